The minimum atomic E-state index is -1.20. The minimum absolute atomic E-state index is 0.0636. The first kappa shape index (κ1) is 23.7. The quantitative estimate of drug-likeness (QED) is 0.325. The molecule has 1 heterocycles. The first-order chi connectivity index (χ1) is 15.9. The van der Waals surface area contributed by atoms with Gasteiger partial charge in [0.05, 0.1) is 11.1 Å². The molecular weight excluding hydrogens is 426 g/mol. The molecule has 5 nitrogen and oxygen atoms in total. The van der Waals surface area contributed by atoms with Crippen LogP contribution in [-0.2, 0) is 9.53 Å². The molecule has 176 valence electrons. The number of carboxylic acid groups (broad SMARTS) is 1. The van der Waals surface area contributed by atoms with Crippen LogP contribution in [0.15, 0.2) is 42.5 Å². The second kappa shape index (κ2) is 8.41. The number of rotatable bonds is 4. The van der Waals surface area contributed by atoms with Crippen LogP contribution in [0.25, 0.3) is 32.8 Å². The third kappa shape index (κ3) is 4.01. The van der Waals surface area contributed by atoms with E-state index in [-0.39, 0.29) is 5.88 Å². The van der Waals surface area contributed by atoms with Gasteiger partial charge in [0.1, 0.15) is 0 Å². The topological polar surface area (TPSA) is 79.7 Å². The van der Waals surface area contributed by atoms with Gasteiger partial charge in [-0.2, -0.15) is 0 Å². The Hall–Kier alpha value is -3.44. The third-order valence-electron chi connectivity index (χ3n) is 6.29. The van der Waals surface area contributed by atoms with Crippen LogP contribution < -0.4 is 0 Å². The highest BCUT2D eigenvalue weighted by molar-refractivity contribution is 6.14. The summed E-state index contributed by atoms with van der Waals surface area (Å²) in [6.45, 7) is 13.4. The number of carbonyl (C=O) groups is 1. The number of fused-ring (bicyclic) bond motifs is 3. The molecule has 0 aliphatic rings. The minimum Gasteiger partial charge on any atom is -0.493 e. The van der Waals surface area contributed by atoms with Crippen molar-refractivity contribution in [2.45, 2.75) is 60.2 Å². The smallest absolute Gasteiger partial charge is 0.337 e. The lowest BCUT2D eigenvalue weighted by atomic mass is 9.84. The van der Waals surface area contributed by atoms with E-state index in [1.165, 1.54) is 0 Å². The molecule has 0 unspecified atom stereocenters. The lowest BCUT2D eigenvalue weighted by molar-refractivity contribution is -0.160. The number of carboxylic acids is 1. The van der Waals surface area contributed by atoms with Crippen LogP contribution >= 0.6 is 0 Å². The molecule has 1 atom stereocenters. The fourth-order valence-corrected chi connectivity index (χ4v) is 4.81. The van der Waals surface area contributed by atoms with Gasteiger partial charge in [0.25, 0.3) is 0 Å². The Morgan fingerprint density at radius 1 is 0.941 bits per heavy atom. The Labute approximate surface area is 200 Å². The van der Waals surface area contributed by atoms with Gasteiger partial charge in [-0.3, -0.25) is 0 Å². The summed E-state index contributed by atoms with van der Waals surface area (Å²) in [7, 11) is 0. The molecule has 0 spiro atoms. The van der Waals surface area contributed by atoms with Crippen molar-refractivity contribution in [2.75, 3.05) is 0 Å². The Kier molecular flexibility index (Phi) is 5.86. The van der Waals surface area contributed by atoms with E-state index in [1.54, 1.807) is 0 Å². The van der Waals surface area contributed by atoms with Gasteiger partial charge in [-0.25, -0.2) is 9.78 Å². The van der Waals surface area contributed by atoms with Crippen LogP contribution in [0.5, 0.6) is 5.88 Å². The molecule has 0 aliphatic heterocycles. The molecule has 0 saturated carbocycles. The summed E-state index contributed by atoms with van der Waals surface area (Å²) in [5.74, 6) is -1.13. The number of aromatic nitrogens is 1. The van der Waals surface area contributed by atoms with Gasteiger partial charge in [-0.05, 0) is 87.7 Å². The SMILES string of the molecule is Cc1ccc(-c2c([C@H](OC(C)(C)C)C(=O)O)c(C)c3nc(O)c4cccc(C)c4c3c2C)cc1. The second-order valence-electron chi connectivity index (χ2n) is 10.0. The zero-order valence-corrected chi connectivity index (χ0v) is 20.8. The largest absolute Gasteiger partial charge is 0.493 e. The van der Waals surface area contributed by atoms with E-state index in [2.05, 4.69) is 4.98 Å². The summed E-state index contributed by atoms with van der Waals surface area (Å²) in [5.41, 5.74) is 5.96. The number of aryl methyl sites for hydroxylation is 4. The normalized spacial score (nSPS) is 12.9. The monoisotopic (exact) mass is 457 g/mol. The van der Waals surface area contributed by atoms with Crippen molar-refractivity contribution in [2.24, 2.45) is 0 Å². The molecular formula is C29H31NO4. The molecule has 4 aromatic rings. The van der Waals surface area contributed by atoms with E-state index in [0.717, 1.165) is 38.6 Å². The zero-order valence-electron chi connectivity index (χ0n) is 20.8. The van der Waals surface area contributed by atoms with Crippen molar-refractivity contribution >= 4 is 27.6 Å². The van der Waals surface area contributed by atoms with E-state index in [4.69, 9.17) is 4.74 Å². The van der Waals surface area contributed by atoms with Gasteiger partial charge < -0.3 is 14.9 Å². The lowest BCUT2D eigenvalue weighted by Crippen LogP contribution is -2.28. The molecule has 0 bridgehead atoms. The third-order valence-corrected chi connectivity index (χ3v) is 6.29. The zero-order chi connectivity index (χ0) is 24.9. The molecule has 5 heteroatoms. The molecule has 0 fully saturated rings. The summed E-state index contributed by atoms with van der Waals surface area (Å²) in [6, 6.07) is 13.9. The number of hydrogen-bond acceptors (Lipinski definition) is 4. The highest BCUT2D eigenvalue weighted by atomic mass is 16.5. The summed E-state index contributed by atoms with van der Waals surface area (Å²) in [4.78, 5) is 17.1. The van der Waals surface area contributed by atoms with Crippen LogP contribution in [0.1, 0.15) is 54.7 Å². The van der Waals surface area contributed by atoms with Crippen molar-refractivity contribution in [3.63, 3.8) is 0 Å². The van der Waals surface area contributed by atoms with Crippen LogP contribution in [0.2, 0.25) is 0 Å². The summed E-state index contributed by atoms with van der Waals surface area (Å²) in [6.07, 6.45) is -1.20. The van der Waals surface area contributed by atoms with E-state index in [1.807, 2.05) is 90.9 Å². The molecule has 0 aliphatic carbocycles. The Morgan fingerprint density at radius 3 is 2.18 bits per heavy atom. The first-order valence-corrected chi connectivity index (χ1v) is 11.4. The predicted molar refractivity (Wildman–Crippen MR) is 137 cm³/mol. The number of aromatic hydroxyl groups is 1. The van der Waals surface area contributed by atoms with Gasteiger partial charge in [0, 0.05) is 16.3 Å². The molecule has 1 aromatic heterocycles. The van der Waals surface area contributed by atoms with Gasteiger partial charge in [0.2, 0.25) is 5.88 Å². The number of ether oxygens (including phenoxy) is 1. The number of aliphatic carboxylic acids is 1. The lowest BCUT2D eigenvalue weighted by Gasteiger charge is -2.29. The van der Waals surface area contributed by atoms with Gasteiger partial charge >= 0.3 is 5.97 Å². The Morgan fingerprint density at radius 2 is 1.59 bits per heavy atom. The average molecular weight is 458 g/mol. The number of pyridine rings is 1. The van der Waals surface area contributed by atoms with E-state index >= 15 is 0 Å². The summed E-state index contributed by atoms with van der Waals surface area (Å²) < 4.78 is 6.11. The average Bonchev–Trinajstić information content (AvgIpc) is 2.75. The van der Waals surface area contributed by atoms with Crippen molar-refractivity contribution in [1.82, 2.24) is 4.98 Å². The van der Waals surface area contributed by atoms with Crippen LogP contribution in [-0.4, -0.2) is 26.8 Å². The molecule has 3 aromatic carbocycles. The molecule has 0 radical (unpaired) electrons. The maximum atomic E-state index is 12.6. The number of benzene rings is 3. The summed E-state index contributed by atoms with van der Waals surface area (Å²) >= 11 is 0. The molecule has 0 saturated heterocycles. The van der Waals surface area contributed by atoms with Crippen LogP contribution in [0, 0.1) is 27.7 Å². The standard InChI is InChI=1S/C29H31NO4/c1-15-11-13-19(14-12-15)22-17(3)23-21-16(2)9-8-10-20(21)27(31)30-25(23)18(4)24(22)26(28(32)33)34-29(5,6)7/h8-14,26H,1-7H3,(H,30,31)(H,32,33)/t26-/m0/s1. The van der Waals surface area contributed by atoms with E-state index in [0.29, 0.717) is 22.0 Å². The predicted octanol–water partition coefficient (Wildman–Crippen LogP) is 6.94. The Bertz CT molecular complexity index is 1430. The van der Waals surface area contributed by atoms with Crippen molar-refractivity contribution in [1.29, 1.82) is 0 Å². The highest BCUT2D eigenvalue weighted by Gasteiger charge is 2.33. The first-order valence-electron chi connectivity index (χ1n) is 11.4. The maximum Gasteiger partial charge on any atom is 0.337 e. The van der Waals surface area contributed by atoms with E-state index in [9.17, 15) is 15.0 Å². The van der Waals surface area contributed by atoms with Gasteiger partial charge in [-0.15, -0.1) is 0 Å². The van der Waals surface area contributed by atoms with Gasteiger partial charge in [-0.1, -0.05) is 42.0 Å². The second-order valence-corrected chi connectivity index (χ2v) is 10.0. The van der Waals surface area contributed by atoms with Crippen molar-refractivity contribution < 1.29 is 19.7 Å². The van der Waals surface area contributed by atoms with Crippen LogP contribution in [0.3, 0.4) is 0 Å². The number of hydrogen-bond donors (Lipinski definition) is 2. The molecule has 4 rings (SSSR count). The van der Waals surface area contributed by atoms with Crippen molar-refractivity contribution in [3.8, 4) is 17.0 Å². The fraction of sp³-hybridized carbons (Fsp3) is 0.310. The van der Waals surface area contributed by atoms with E-state index < -0.39 is 17.7 Å². The molecule has 0 amide bonds. The Balaban J connectivity index is 2.24. The van der Waals surface area contributed by atoms with Crippen LogP contribution in [0.4, 0.5) is 0 Å². The summed E-state index contributed by atoms with van der Waals surface area (Å²) in [5, 5.41) is 23.6. The van der Waals surface area contributed by atoms with Gasteiger partial charge in [0.15, 0.2) is 6.10 Å². The maximum absolute atomic E-state index is 12.6. The highest BCUT2D eigenvalue weighted by Crippen LogP contribution is 2.45. The number of nitrogens with zero attached hydrogens (tertiary/aromatic N) is 1. The van der Waals surface area contributed by atoms with Crippen molar-refractivity contribution in [3.05, 3.63) is 70.3 Å². The molecule has 2 N–H and O–H groups in total. The fourth-order valence-electron chi connectivity index (χ4n) is 4.81. The molecule has 34 heavy (non-hydrogen) atoms.